The van der Waals surface area contributed by atoms with E-state index in [-0.39, 0.29) is 5.56 Å². The number of nitrogens with zero attached hydrogens (tertiary/aromatic N) is 1. The summed E-state index contributed by atoms with van der Waals surface area (Å²) in [6.45, 7) is 0. The first-order valence-electron chi connectivity index (χ1n) is 12.2. The first-order valence-corrected chi connectivity index (χ1v) is 12.2. The van der Waals surface area contributed by atoms with Crippen molar-refractivity contribution in [2.75, 3.05) is 21.3 Å². The number of carbonyl (C=O) groups excluding carboxylic acids is 2. The highest BCUT2D eigenvalue weighted by Gasteiger charge is 2.39. The van der Waals surface area contributed by atoms with Crippen LogP contribution in [0.15, 0.2) is 102 Å². The zero-order valence-corrected chi connectivity index (χ0v) is 22.2. The molecule has 0 saturated carbocycles. The Bertz CT molecular complexity index is 1420. The molecule has 0 saturated heterocycles. The maximum atomic E-state index is 13.1. The number of carbonyl (C=O) groups is 2. The van der Waals surface area contributed by atoms with Crippen LogP contribution in [0.4, 0.5) is 0 Å². The first-order chi connectivity index (χ1) is 19.4. The van der Waals surface area contributed by atoms with Crippen molar-refractivity contribution in [1.29, 1.82) is 0 Å². The van der Waals surface area contributed by atoms with E-state index in [1.807, 2.05) is 0 Å². The predicted molar refractivity (Wildman–Crippen MR) is 149 cm³/mol. The van der Waals surface area contributed by atoms with E-state index in [1.165, 1.54) is 39.7 Å². The lowest BCUT2D eigenvalue weighted by Crippen LogP contribution is -2.43. The molecule has 9 heteroatoms. The Morgan fingerprint density at radius 3 is 1.77 bits per heavy atom. The number of aliphatic hydroxyl groups is 1. The lowest BCUT2D eigenvalue weighted by Gasteiger charge is -2.27. The number of hydrazone groups is 1. The zero-order valence-electron chi connectivity index (χ0n) is 22.2. The second kappa shape index (κ2) is 12.6. The van der Waals surface area contributed by atoms with E-state index in [9.17, 15) is 14.7 Å². The van der Waals surface area contributed by atoms with Crippen molar-refractivity contribution in [3.05, 3.63) is 119 Å². The van der Waals surface area contributed by atoms with Crippen molar-refractivity contribution >= 4 is 18.1 Å². The summed E-state index contributed by atoms with van der Waals surface area (Å²) >= 11 is 0. The molecule has 0 fully saturated rings. The van der Waals surface area contributed by atoms with Gasteiger partial charge in [0, 0.05) is 0 Å². The van der Waals surface area contributed by atoms with Crippen LogP contribution in [0.5, 0.6) is 23.0 Å². The molecule has 0 aliphatic rings. The maximum absolute atomic E-state index is 13.1. The predicted octanol–water partition coefficient (Wildman–Crippen LogP) is 4.32. The van der Waals surface area contributed by atoms with Crippen molar-refractivity contribution in [2.24, 2.45) is 5.10 Å². The van der Waals surface area contributed by atoms with Gasteiger partial charge in [-0.3, -0.25) is 4.79 Å². The van der Waals surface area contributed by atoms with Crippen LogP contribution in [0.25, 0.3) is 0 Å². The Hall–Kier alpha value is -5.15. The number of esters is 1. The van der Waals surface area contributed by atoms with Crippen LogP contribution in [0.2, 0.25) is 0 Å². The van der Waals surface area contributed by atoms with E-state index in [0.717, 1.165) is 0 Å². The fourth-order valence-electron chi connectivity index (χ4n) is 4.02. The average Bonchev–Trinajstić information content (AvgIpc) is 3.01. The van der Waals surface area contributed by atoms with Crippen LogP contribution in [0.1, 0.15) is 27.0 Å². The second-order valence-corrected chi connectivity index (χ2v) is 8.51. The molecule has 4 rings (SSSR count). The number of ether oxygens (including phenoxy) is 4. The summed E-state index contributed by atoms with van der Waals surface area (Å²) in [5.74, 6) is -0.0144. The van der Waals surface area contributed by atoms with E-state index in [2.05, 4.69) is 10.5 Å². The van der Waals surface area contributed by atoms with Crippen LogP contribution < -0.4 is 24.4 Å². The summed E-state index contributed by atoms with van der Waals surface area (Å²) in [5.41, 5.74) is 2.14. The normalized spacial score (nSPS) is 11.1. The van der Waals surface area contributed by atoms with Gasteiger partial charge in [-0.2, -0.15) is 5.10 Å². The number of hydrogen-bond donors (Lipinski definition) is 2. The van der Waals surface area contributed by atoms with Crippen LogP contribution in [-0.4, -0.2) is 44.5 Å². The largest absolute Gasteiger partial charge is 0.493 e. The Balaban J connectivity index is 1.45. The number of nitrogens with one attached hydrogen (secondary N) is 1. The number of amides is 1. The standard InChI is InChI=1S/C31H28N2O7/c1-37-26-18-22(19-27(38-2)28(26)39-3)29(34)40-25-16-14-21(15-17-25)20-32-33-30(35)31(36,23-10-6-4-7-11-23)24-12-8-5-9-13-24/h4-20,36H,1-3H3,(H,33,35)/b32-20-. The van der Waals surface area contributed by atoms with Crippen LogP contribution in [-0.2, 0) is 10.4 Å². The van der Waals surface area contributed by atoms with Gasteiger partial charge in [0.05, 0.1) is 33.1 Å². The molecular weight excluding hydrogens is 512 g/mol. The minimum atomic E-state index is -1.94. The highest BCUT2D eigenvalue weighted by atomic mass is 16.5. The second-order valence-electron chi connectivity index (χ2n) is 8.51. The van der Waals surface area contributed by atoms with Gasteiger partial charge in [-0.15, -0.1) is 0 Å². The van der Waals surface area contributed by atoms with Gasteiger partial charge < -0.3 is 24.1 Å². The molecular formula is C31H28N2O7. The van der Waals surface area contributed by atoms with Gasteiger partial charge in [0.2, 0.25) is 5.75 Å². The molecule has 0 unspecified atom stereocenters. The summed E-state index contributed by atoms with van der Waals surface area (Å²) in [4.78, 5) is 25.9. The third kappa shape index (κ3) is 5.95. The molecule has 4 aromatic carbocycles. The Morgan fingerprint density at radius 1 is 0.775 bits per heavy atom. The fourth-order valence-corrected chi connectivity index (χ4v) is 4.02. The van der Waals surface area contributed by atoms with Gasteiger partial charge in [0.25, 0.3) is 5.91 Å². The van der Waals surface area contributed by atoms with E-state index in [1.54, 1.807) is 84.9 Å². The van der Waals surface area contributed by atoms with Crippen molar-refractivity contribution in [3.63, 3.8) is 0 Å². The molecule has 4 aromatic rings. The van der Waals surface area contributed by atoms with Crippen molar-refractivity contribution in [2.45, 2.75) is 5.60 Å². The number of benzene rings is 4. The summed E-state index contributed by atoms with van der Waals surface area (Å²) in [7, 11) is 4.39. The molecule has 0 atom stereocenters. The van der Waals surface area contributed by atoms with E-state index >= 15 is 0 Å². The molecule has 9 nitrogen and oxygen atoms in total. The van der Waals surface area contributed by atoms with Crippen LogP contribution in [0.3, 0.4) is 0 Å². The summed E-state index contributed by atoms with van der Waals surface area (Å²) in [5, 5.41) is 15.5. The molecule has 0 aliphatic carbocycles. The van der Waals surface area contributed by atoms with Crippen LogP contribution in [0, 0.1) is 0 Å². The summed E-state index contributed by atoms with van der Waals surface area (Å²) < 4.78 is 21.3. The van der Waals surface area contributed by atoms with Gasteiger partial charge in [0.15, 0.2) is 17.1 Å². The Labute approximate surface area is 231 Å². The monoisotopic (exact) mass is 540 g/mol. The minimum Gasteiger partial charge on any atom is -0.493 e. The van der Waals surface area contributed by atoms with Crippen LogP contribution >= 0.6 is 0 Å². The summed E-state index contributed by atoms with van der Waals surface area (Å²) in [6, 6.07) is 26.8. The number of methoxy groups -OCH3 is 3. The molecule has 1 amide bonds. The molecule has 0 aromatic heterocycles. The smallest absolute Gasteiger partial charge is 0.343 e. The van der Waals surface area contributed by atoms with E-state index < -0.39 is 17.5 Å². The van der Waals surface area contributed by atoms with Gasteiger partial charge in [-0.25, -0.2) is 10.2 Å². The topological polar surface area (TPSA) is 116 Å². The molecule has 40 heavy (non-hydrogen) atoms. The summed E-state index contributed by atoms with van der Waals surface area (Å²) in [6.07, 6.45) is 1.42. The van der Waals surface area contributed by atoms with E-state index in [0.29, 0.717) is 39.7 Å². The van der Waals surface area contributed by atoms with E-state index in [4.69, 9.17) is 18.9 Å². The van der Waals surface area contributed by atoms with Gasteiger partial charge in [-0.05, 0) is 53.1 Å². The SMILES string of the molecule is COc1cc(C(=O)Oc2ccc(/C=N\NC(=O)C(O)(c3ccccc3)c3ccccc3)cc2)cc(OC)c1OC. The van der Waals surface area contributed by atoms with Gasteiger partial charge >= 0.3 is 5.97 Å². The number of rotatable bonds is 10. The van der Waals surface area contributed by atoms with Gasteiger partial charge in [-0.1, -0.05) is 60.7 Å². The molecule has 0 heterocycles. The lowest BCUT2D eigenvalue weighted by molar-refractivity contribution is -0.136. The quantitative estimate of drug-likeness (QED) is 0.133. The first kappa shape index (κ1) is 27.9. The average molecular weight is 541 g/mol. The molecule has 0 aliphatic heterocycles. The van der Waals surface area contributed by atoms with Crippen molar-refractivity contribution in [3.8, 4) is 23.0 Å². The Kier molecular flexibility index (Phi) is 8.78. The van der Waals surface area contributed by atoms with Crippen molar-refractivity contribution < 1.29 is 33.6 Å². The maximum Gasteiger partial charge on any atom is 0.343 e. The third-order valence-electron chi connectivity index (χ3n) is 6.08. The fraction of sp³-hybridized carbons (Fsp3) is 0.129. The Morgan fingerprint density at radius 2 is 1.30 bits per heavy atom. The highest BCUT2D eigenvalue weighted by molar-refractivity contribution is 5.93. The lowest BCUT2D eigenvalue weighted by atomic mass is 9.85. The van der Waals surface area contributed by atoms with Crippen molar-refractivity contribution in [1.82, 2.24) is 5.43 Å². The zero-order chi connectivity index (χ0) is 28.5. The highest BCUT2D eigenvalue weighted by Crippen LogP contribution is 2.38. The minimum absolute atomic E-state index is 0.215. The molecule has 2 N–H and O–H groups in total. The van der Waals surface area contributed by atoms with Gasteiger partial charge in [0.1, 0.15) is 5.75 Å². The molecule has 0 bridgehead atoms. The number of hydrogen-bond acceptors (Lipinski definition) is 8. The molecule has 204 valence electrons. The molecule has 0 radical (unpaired) electrons. The third-order valence-corrected chi connectivity index (χ3v) is 6.08. The molecule has 0 spiro atoms.